The highest BCUT2D eigenvalue weighted by atomic mass is 32.2. The zero-order valence-corrected chi connectivity index (χ0v) is 26.1. The van der Waals surface area contributed by atoms with Gasteiger partial charge in [0.15, 0.2) is 9.84 Å². The molecule has 0 saturated heterocycles. The molecule has 1 saturated carbocycles. The predicted octanol–water partition coefficient (Wildman–Crippen LogP) is 6.83. The number of esters is 1. The molecule has 1 atom stereocenters. The SMILES string of the molecule is CCOC(=O)CN(C)Cc1ccc(-c2ccc(S(=O)(=O)CC3CCC(C(=O)C[C@H](C)c4ccc(F)cc4)CC3)cc2)cc1. The fourth-order valence-corrected chi connectivity index (χ4v) is 7.58. The van der Waals surface area contributed by atoms with Gasteiger partial charge in [-0.05, 0) is 98.0 Å². The van der Waals surface area contributed by atoms with E-state index in [9.17, 15) is 22.4 Å². The Balaban J connectivity index is 1.26. The Labute approximate surface area is 255 Å². The molecular weight excluding hydrogens is 565 g/mol. The van der Waals surface area contributed by atoms with Crippen molar-refractivity contribution in [3.8, 4) is 11.1 Å². The molecule has 0 spiro atoms. The van der Waals surface area contributed by atoms with Gasteiger partial charge in [-0.1, -0.05) is 55.5 Å². The van der Waals surface area contributed by atoms with Crippen molar-refractivity contribution < 1.29 is 27.1 Å². The van der Waals surface area contributed by atoms with Crippen LogP contribution >= 0.6 is 0 Å². The van der Waals surface area contributed by atoms with Gasteiger partial charge in [0.2, 0.25) is 0 Å². The van der Waals surface area contributed by atoms with Gasteiger partial charge < -0.3 is 4.74 Å². The van der Waals surface area contributed by atoms with Crippen LogP contribution in [0.2, 0.25) is 0 Å². The summed E-state index contributed by atoms with van der Waals surface area (Å²) in [5.41, 5.74) is 3.93. The second-order valence-corrected chi connectivity index (χ2v) is 13.9. The summed E-state index contributed by atoms with van der Waals surface area (Å²) in [4.78, 5) is 26.8. The van der Waals surface area contributed by atoms with Crippen LogP contribution in [0.5, 0.6) is 0 Å². The number of likely N-dealkylation sites (N-methyl/N-ethyl adjacent to an activating group) is 1. The van der Waals surface area contributed by atoms with Crippen molar-refractivity contribution in [1.82, 2.24) is 4.90 Å². The van der Waals surface area contributed by atoms with Crippen molar-refractivity contribution in [3.05, 3.63) is 89.7 Å². The minimum Gasteiger partial charge on any atom is -0.465 e. The summed E-state index contributed by atoms with van der Waals surface area (Å²) in [6.07, 6.45) is 3.28. The van der Waals surface area contributed by atoms with E-state index in [1.807, 2.05) is 55.3 Å². The average molecular weight is 608 g/mol. The standard InChI is InChI=1S/C35H42FNO5S/c1-4-42-35(39)23-37(3)22-26-5-9-29(10-6-26)30-15-19-33(20-16-30)43(40,41)24-27-7-11-31(12-8-27)34(38)21-25(2)28-13-17-32(36)18-14-28/h5-6,9-10,13-20,25,27,31H,4,7-8,11-12,21-24H2,1-3H3/t25-,27?,31?/m0/s1. The molecule has 3 aromatic carbocycles. The minimum absolute atomic E-state index is 0.0246. The average Bonchev–Trinajstić information content (AvgIpc) is 2.98. The fourth-order valence-electron chi connectivity index (χ4n) is 5.89. The van der Waals surface area contributed by atoms with Crippen LogP contribution in [0.25, 0.3) is 11.1 Å². The van der Waals surface area contributed by atoms with Crippen LogP contribution in [0, 0.1) is 17.7 Å². The second kappa shape index (κ2) is 14.9. The lowest BCUT2D eigenvalue weighted by atomic mass is 9.78. The first-order valence-corrected chi connectivity index (χ1v) is 16.7. The van der Waals surface area contributed by atoms with E-state index in [4.69, 9.17) is 4.74 Å². The molecule has 0 radical (unpaired) electrons. The van der Waals surface area contributed by atoms with Crippen LogP contribution in [0.1, 0.15) is 63.0 Å². The van der Waals surface area contributed by atoms with Gasteiger partial charge in [-0.15, -0.1) is 0 Å². The summed E-state index contributed by atoms with van der Waals surface area (Å²) >= 11 is 0. The molecule has 1 aliphatic rings. The molecule has 0 N–H and O–H groups in total. The Morgan fingerprint density at radius 3 is 2.07 bits per heavy atom. The van der Waals surface area contributed by atoms with E-state index in [1.165, 1.54) is 12.1 Å². The molecular formula is C35H42FNO5S. The molecule has 0 aliphatic heterocycles. The van der Waals surface area contributed by atoms with Crippen LogP contribution in [-0.4, -0.2) is 51.0 Å². The van der Waals surface area contributed by atoms with Crippen molar-refractivity contribution in [3.63, 3.8) is 0 Å². The number of Topliss-reactive ketones (excluding diaryl/α,β-unsaturated/α-hetero) is 1. The lowest BCUT2D eigenvalue weighted by Gasteiger charge is -2.28. The summed E-state index contributed by atoms with van der Waals surface area (Å²) in [5.74, 6) is -0.201. The maximum absolute atomic E-state index is 13.2. The third-order valence-corrected chi connectivity index (χ3v) is 10.3. The summed E-state index contributed by atoms with van der Waals surface area (Å²) in [5, 5.41) is 0. The number of halogens is 1. The van der Waals surface area contributed by atoms with E-state index < -0.39 is 9.84 Å². The number of ether oxygens (including phenoxy) is 1. The number of benzene rings is 3. The molecule has 0 amide bonds. The monoisotopic (exact) mass is 607 g/mol. The number of sulfone groups is 1. The first-order valence-electron chi connectivity index (χ1n) is 15.1. The molecule has 1 fully saturated rings. The highest BCUT2D eigenvalue weighted by Crippen LogP contribution is 2.34. The van der Waals surface area contributed by atoms with Crippen molar-refractivity contribution in [2.24, 2.45) is 11.8 Å². The van der Waals surface area contributed by atoms with Crippen LogP contribution in [-0.2, 0) is 30.7 Å². The maximum Gasteiger partial charge on any atom is 0.320 e. The highest BCUT2D eigenvalue weighted by molar-refractivity contribution is 7.91. The largest absolute Gasteiger partial charge is 0.465 e. The number of nitrogens with zero attached hydrogens (tertiary/aromatic N) is 1. The van der Waals surface area contributed by atoms with E-state index >= 15 is 0 Å². The fraction of sp³-hybridized carbons (Fsp3) is 0.429. The normalized spacial score (nSPS) is 17.9. The molecule has 0 bridgehead atoms. The summed E-state index contributed by atoms with van der Waals surface area (Å²) in [6.45, 7) is 4.98. The molecule has 0 aromatic heterocycles. The molecule has 3 aromatic rings. The topological polar surface area (TPSA) is 80.8 Å². The van der Waals surface area contributed by atoms with E-state index in [0.717, 1.165) is 35.1 Å². The Morgan fingerprint density at radius 1 is 0.907 bits per heavy atom. The number of ketones is 1. The van der Waals surface area contributed by atoms with Gasteiger partial charge in [-0.2, -0.15) is 0 Å². The molecule has 1 aliphatic carbocycles. The van der Waals surface area contributed by atoms with Gasteiger partial charge in [0, 0.05) is 18.9 Å². The molecule has 4 rings (SSSR count). The van der Waals surface area contributed by atoms with Crippen molar-refractivity contribution in [2.75, 3.05) is 26.0 Å². The Morgan fingerprint density at radius 2 is 1.49 bits per heavy atom. The first-order chi connectivity index (χ1) is 20.5. The van der Waals surface area contributed by atoms with E-state index in [1.54, 1.807) is 31.2 Å². The summed E-state index contributed by atoms with van der Waals surface area (Å²) < 4.78 is 44.7. The Hall–Kier alpha value is -3.36. The van der Waals surface area contributed by atoms with Gasteiger partial charge >= 0.3 is 5.97 Å². The number of rotatable bonds is 13. The predicted molar refractivity (Wildman–Crippen MR) is 167 cm³/mol. The number of carbonyl (C=O) groups is 2. The van der Waals surface area contributed by atoms with Crippen molar-refractivity contribution in [1.29, 1.82) is 0 Å². The number of hydrogen-bond donors (Lipinski definition) is 0. The Bertz CT molecular complexity index is 1460. The van der Waals surface area contributed by atoms with Crippen LogP contribution in [0.3, 0.4) is 0 Å². The number of hydrogen-bond acceptors (Lipinski definition) is 6. The lowest BCUT2D eigenvalue weighted by Crippen LogP contribution is -2.26. The summed E-state index contributed by atoms with van der Waals surface area (Å²) in [7, 11) is -1.58. The lowest BCUT2D eigenvalue weighted by molar-refractivity contribution is -0.144. The smallest absolute Gasteiger partial charge is 0.320 e. The molecule has 6 nitrogen and oxygen atoms in total. The maximum atomic E-state index is 13.2. The van der Waals surface area contributed by atoms with Crippen LogP contribution < -0.4 is 0 Å². The Kier molecular flexibility index (Phi) is 11.3. The summed E-state index contributed by atoms with van der Waals surface area (Å²) in [6, 6.07) is 21.3. The third kappa shape index (κ3) is 9.31. The molecule has 230 valence electrons. The molecule has 43 heavy (non-hydrogen) atoms. The quantitative estimate of drug-likeness (QED) is 0.198. The second-order valence-electron chi connectivity index (χ2n) is 11.8. The van der Waals surface area contributed by atoms with Gasteiger partial charge in [0.1, 0.15) is 11.6 Å². The minimum atomic E-state index is -3.45. The van der Waals surface area contributed by atoms with Crippen LogP contribution in [0.4, 0.5) is 4.39 Å². The number of carbonyl (C=O) groups excluding carboxylic acids is 2. The van der Waals surface area contributed by atoms with Gasteiger partial charge in [0.25, 0.3) is 0 Å². The van der Waals surface area contributed by atoms with E-state index in [-0.39, 0.29) is 47.6 Å². The zero-order chi connectivity index (χ0) is 31.0. The third-order valence-electron chi connectivity index (χ3n) is 8.36. The van der Waals surface area contributed by atoms with Gasteiger partial charge in [0.05, 0.1) is 23.8 Å². The first kappa shape index (κ1) is 32.6. The molecule has 0 heterocycles. The van der Waals surface area contributed by atoms with Gasteiger partial charge in [-0.3, -0.25) is 14.5 Å². The zero-order valence-electron chi connectivity index (χ0n) is 25.3. The van der Waals surface area contributed by atoms with E-state index in [2.05, 4.69) is 0 Å². The van der Waals surface area contributed by atoms with E-state index in [0.29, 0.717) is 37.3 Å². The highest BCUT2D eigenvalue weighted by Gasteiger charge is 2.30. The van der Waals surface area contributed by atoms with Gasteiger partial charge in [-0.25, -0.2) is 12.8 Å². The van der Waals surface area contributed by atoms with Crippen molar-refractivity contribution >= 4 is 21.6 Å². The molecule has 8 heteroatoms. The van der Waals surface area contributed by atoms with Crippen molar-refractivity contribution in [2.45, 2.75) is 63.3 Å². The van der Waals surface area contributed by atoms with Crippen LogP contribution in [0.15, 0.2) is 77.7 Å². The molecule has 0 unspecified atom stereocenters.